The van der Waals surface area contributed by atoms with Crippen molar-refractivity contribution in [2.24, 2.45) is 5.92 Å². The Morgan fingerprint density at radius 2 is 2.15 bits per heavy atom. The standard InChI is InChI=1S/C13H16FNO4S/c1-9-7-11(14)4-5-12(9)20(18,19)15-6-2-3-10(8-15)13(16)17/h4-5,7,10H,2-3,6,8H2,1H3,(H,16,17). The molecule has 2 rings (SSSR count). The highest BCUT2D eigenvalue weighted by molar-refractivity contribution is 7.89. The zero-order valence-corrected chi connectivity index (χ0v) is 11.9. The number of nitrogens with zero attached hydrogens (tertiary/aromatic N) is 1. The molecule has 0 spiro atoms. The van der Waals surface area contributed by atoms with Crippen LogP contribution < -0.4 is 0 Å². The molecule has 1 aliphatic rings. The number of halogens is 1. The summed E-state index contributed by atoms with van der Waals surface area (Å²) in [7, 11) is -3.77. The summed E-state index contributed by atoms with van der Waals surface area (Å²) in [6.45, 7) is 1.78. The normalized spacial score (nSPS) is 20.8. The van der Waals surface area contributed by atoms with Crippen molar-refractivity contribution in [1.82, 2.24) is 4.31 Å². The first-order valence-electron chi connectivity index (χ1n) is 6.31. The maximum atomic E-state index is 13.1. The van der Waals surface area contributed by atoms with Gasteiger partial charge in [0, 0.05) is 13.1 Å². The number of hydrogen-bond donors (Lipinski definition) is 1. The Morgan fingerprint density at radius 3 is 2.75 bits per heavy atom. The number of hydrogen-bond acceptors (Lipinski definition) is 3. The van der Waals surface area contributed by atoms with E-state index in [-0.39, 0.29) is 11.4 Å². The first kappa shape index (κ1) is 14.9. The van der Waals surface area contributed by atoms with E-state index in [4.69, 9.17) is 5.11 Å². The molecule has 0 amide bonds. The highest BCUT2D eigenvalue weighted by Gasteiger charge is 2.33. The van der Waals surface area contributed by atoms with Gasteiger partial charge in [0.2, 0.25) is 10.0 Å². The molecular weight excluding hydrogens is 285 g/mol. The molecule has 1 saturated heterocycles. The van der Waals surface area contributed by atoms with E-state index in [0.29, 0.717) is 24.9 Å². The van der Waals surface area contributed by atoms with E-state index in [1.165, 1.54) is 17.3 Å². The van der Waals surface area contributed by atoms with Crippen molar-refractivity contribution >= 4 is 16.0 Å². The van der Waals surface area contributed by atoms with Crippen LogP contribution >= 0.6 is 0 Å². The molecule has 0 aliphatic carbocycles. The number of rotatable bonds is 3. The van der Waals surface area contributed by atoms with Crippen molar-refractivity contribution < 1.29 is 22.7 Å². The number of piperidine rings is 1. The number of carboxylic acid groups (broad SMARTS) is 1. The fourth-order valence-corrected chi connectivity index (χ4v) is 4.13. The third kappa shape index (κ3) is 2.83. The van der Waals surface area contributed by atoms with Gasteiger partial charge >= 0.3 is 5.97 Å². The average molecular weight is 301 g/mol. The second kappa shape index (κ2) is 5.49. The highest BCUT2D eigenvalue weighted by Crippen LogP contribution is 2.26. The van der Waals surface area contributed by atoms with Gasteiger partial charge in [0.15, 0.2) is 0 Å². The summed E-state index contributed by atoms with van der Waals surface area (Å²) in [5, 5.41) is 9.01. The average Bonchev–Trinajstić information content (AvgIpc) is 2.38. The molecular formula is C13H16FNO4S. The zero-order valence-electron chi connectivity index (χ0n) is 11.0. The van der Waals surface area contributed by atoms with Gasteiger partial charge in [-0.3, -0.25) is 4.79 Å². The molecule has 0 aromatic heterocycles. The van der Waals surface area contributed by atoms with Crippen LogP contribution in [0.5, 0.6) is 0 Å². The molecule has 0 saturated carbocycles. The van der Waals surface area contributed by atoms with Crippen LogP contribution in [0.2, 0.25) is 0 Å². The van der Waals surface area contributed by atoms with Gasteiger partial charge in [-0.2, -0.15) is 4.31 Å². The van der Waals surface area contributed by atoms with Crippen molar-refractivity contribution in [1.29, 1.82) is 0 Å². The first-order valence-corrected chi connectivity index (χ1v) is 7.75. The maximum Gasteiger partial charge on any atom is 0.307 e. The summed E-state index contributed by atoms with van der Waals surface area (Å²) in [6.07, 6.45) is 0.986. The molecule has 0 radical (unpaired) electrons. The fourth-order valence-electron chi connectivity index (χ4n) is 2.40. The number of aryl methyl sites for hydroxylation is 1. The van der Waals surface area contributed by atoms with Crippen molar-refractivity contribution in [3.05, 3.63) is 29.6 Å². The number of benzene rings is 1. The van der Waals surface area contributed by atoms with E-state index in [9.17, 15) is 17.6 Å². The Balaban J connectivity index is 2.32. The number of carbonyl (C=O) groups is 1. The molecule has 110 valence electrons. The number of aliphatic carboxylic acids is 1. The van der Waals surface area contributed by atoms with Gasteiger partial charge in [-0.15, -0.1) is 0 Å². The minimum absolute atomic E-state index is 0.0324. The molecule has 7 heteroatoms. The molecule has 1 heterocycles. The van der Waals surface area contributed by atoms with Crippen LogP contribution in [0.25, 0.3) is 0 Å². The topological polar surface area (TPSA) is 74.7 Å². The Hall–Kier alpha value is -1.47. The van der Waals surface area contributed by atoms with Crippen molar-refractivity contribution in [3.63, 3.8) is 0 Å². The second-order valence-electron chi connectivity index (χ2n) is 4.95. The lowest BCUT2D eigenvalue weighted by Crippen LogP contribution is -2.42. The molecule has 0 bridgehead atoms. The summed E-state index contributed by atoms with van der Waals surface area (Å²) in [5.74, 6) is -2.16. The lowest BCUT2D eigenvalue weighted by atomic mass is 10.0. The summed E-state index contributed by atoms with van der Waals surface area (Å²) in [4.78, 5) is 11.0. The lowest BCUT2D eigenvalue weighted by Gasteiger charge is -2.30. The smallest absolute Gasteiger partial charge is 0.307 e. The van der Waals surface area contributed by atoms with Crippen molar-refractivity contribution in [3.8, 4) is 0 Å². The van der Waals surface area contributed by atoms with Gasteiger partial charge in [-0.1, -0.05) is 0 Å². The van der Waals surface area contributed by atoms with Crippen molar-refractivity contribution in [2.75, 3.05) is 13.1 Å². The van der Waals surface area contributed by atoms with Gasteiger partial charge in [-0.05, 0) is 43.5 Å². The van der Waals surface area contributed by atoms with Crippen LogP contribution in [0.4, 0.5) is 4.39 Å². The highest BCUT2D eigenvalue weighted by atomic mass is 32.2. The van der Waals surface area contributed by atoms with Crippen LogP contribution in [0.3, 0.4) is 0 Å². The minimum Gasteiger partial charge on any atom is -0.481 e. The third-order valence-corrected chi connectivity index (χ3v) is 5.51. The van der Waals surface area contributed by atoms with Crippen molar-refractivity contribution in [2.45, 2.75) is 24.7 Å². The van der Waals surface area contributed by atoms with Gasteiger partial charge in [0.25, 0.3) is 0 Å². The third-order valence-electron chi connectivity index (χ3n) is 3.49. The fraction of sp³-hybridized carbons (Fsp3) is 0.462. The van der Waals surface area contributed by atoms with E-state index in [0.717, 1.165) is 12.1 Å². The Kier molecular flexibility index (Phi) is 4.10. The number of sulfonamides is 1. The second-order valence-corrected chi connectivity index (χ2v) is 6.86. The summed E-state index contributed by atoms with van der Waals surface area (Å²) >= 11 is 0. The summed E-state index contributed by atoms with van der Waals surface area (Å²) < 4.78 is 39.2. The Labute approximate surface area is 117 Å². The molecule has 1 fully saturated rings. The largest absolute Gasteiger partial charge is 0.481 e. The minimum atomic E-state index is -3.77. The van der Waals surface area contributed by atoms with E-state index >= 15 is 0 Å². The zero-order chi connectivity index (χ0) is 14.9. The quantitative estimate of drug-likeness (QED) is 0.920. The SMILES string of the molecule is Cc1cc(F)ccc1S(=O)(=O)N1CCCC(C(=O)O)C1. The van der Waals surface area contributed by atoms with E-state index in [2.05, 4.69) is 0 Å². The molecule has 1 aliphatic heterocycles. The summed E-state index contributed by atoms with van der Waals surface area (Å²) in [6, 6.07) is 3.48. The predicted octanol–water partition coefficient (Wildman–Crippen LogP) is 1.62. The molecule has 5 nitrogen and oxygen atoms in total. The number of carboxylic acids is 1. The van der Waals surface area contributed by atoms with Gasteiger partial charge < -0.3 is 5.11 Å². The van der Waals surface area contributed by atoms with Gasteiger partial charge in [-0.25, -0.2) is 12.8 Å². The first-order chi connectivity index (χ1) is 9.32. The predicted molar refractivity (Wildman–Crippen MR) is 70.3 cm³/mol. The van der Waals surface area contributed by atoms with Crippen LogP contribution in [-0.4, -0.2) is 36.9 Å². The molecule has 1 unspecified atom stereocenters. The Bertz CT molecular complexity index is 629. The molecule has 1 aromatic rings. The molecule has 1 atom stereocenters. The molecule has 20 heavy (non-hydrogen) atoms. The van der Waals surface area contributed by atoms with Crippen LogP contribution in [0.15, 0.2) is 23.1 Å². The van der Waals surface area contributed by atoms with Crippen LogP contribution in [-0.2, 0) is 14.8 Å². The van der Waals surface area contributed by atoms with Gasteiger partial charge in [0.1, 0.15) is 5.82 Å². The monoisotopic (exact) mass is 301 g/mol. The van der Waals surface area contributed by atoms with Gasteiger partial charge in [0.05, 0.1) is 10.8 Å². The molecule has 1 N–H and O–H groups in total. The lowest BCUT2D eigenvalue weighted by molar-refractivity contribution is -0.142. The van der Waals surface area contributed by atoms with E-state index in [1.54, 1.807) is 0 Å². The van der Waals surface area contributed by atoms with E-state index in [1.807, 2.05) is 0 Å². The molecule has 1 aromatic carbocycles. The summed E-state index contributed by atoms with van der Waals surface area (Å²) in [5.41, 5.74) is 0.322. The Morgan fingerprint density at radius 1 is 1.45 bits per heavy atom. The van der Waals surface area contributed by atoms with E-state index < -0.39 is 27.7 Å². The maximum absolute atomic E-state index is 13.1. The van der Waals surface area contributed by atoms with Crippen LogP contribution in [0, 0.1) is 18.7 Å². The van der Waals surface area contributed by atoms with Crippen LogP contribution in [0.1, 0.15) is 18.4 Å².